The van der Waals surface area contributed by atoms with Gasteiger partial charge >= 0.3 is 0 Å². The summed E-state index contributed by atoms with van der Waals surface area (Å²) in [7, 11) is 0. The molecule has 0 aliphatic carbocycles. The average Bonchev–Trinajstić information content (AvgIpc) is 2.29. The number of carbonyl (C=O) groups is 1. The van der Waals surface area contributed by atoms with E-state index in [-0.39, 0.29) is 17.4 Å². The molecule has 18 heavy (non-hydrogen) atoms. The van der Waals surface area contributed by atoms with E-state index in [1.54, 1.807) is 0 Å². The number of rotatable bonds is 8. The monoisotopic (exact) mass is 253 g/mol. The first-order chi connectivity index (χ1) is 8.38. The third kappa shape index (κ3) is 5.24. The van der Waals surface area contributed by atoms with Crippen LogP contribution in [0.3, 0.4) is 0 Å². The van der Waals surface area contributed by atoms with Crippen LogP contribution in [0.1, 0.15) is 67.2 Å². The van der Waals surface area contributed by atoms with E-state index in [2.05, 4.69) is 52.1 Å². The lowest BCUT2D eigenvalue weighted by atomic mass is 9.74. The Hall–Kier alpha value is -0.790. The molecule has 106 valence electrons. The summed E-state index contributed by atoms with van der Waals surface area (Å²) in [6.07, 6.45) is 8.26. The predicted octanol–water partition coefficient (Wildman–Crippen LogP) is 4.31. The van der Waals surface area contributed by atoms with Crippen LogP contribution in [0.4, 0.5) is 0 Å². The molecular formula is C16H31NO. The molecule has 0 saturated heterocycles. The Morgan fingerprint density at radius 3 is 2.39 bits per heavy atom. The van der Waals surface area contributed by atoms with Gasteiger partial charge in [-0.1, -0.05) is 46.3 Å². The molecule has 2 heteroatoms. The molecule has 0 heterocycles. The summed E-state index contributed by atoms with van der Waals surface area (Å²) in [5.41, 5.74) is -0.233. The molecule has 0 radical (unpaired) electrons. The molecule has 0 fully saturated rings. The number of allylic oxidation sites excluding steroid dienone is 2. The molecule has 0 bridgehead atoms. The second-order valence-electron chi connectivity index (χ2n) is 5.84. The molecule has 1 N–H and O–H groups in total. The van der Waals surface area contributed by atoms with Gasteiger partial charge in [0.2, 0.25) is 5.91 Å². The Balaban J connectivity index is 4.42. The van der Waals surface area contributed by atoms with Gasteiger partial charge in [-0.15, -0.1) is 0 Å². The van der Waals surface area contributed by atoms with Crippen LogP contribution in [0.5, 0.6) is 0 Å². The zero-order valence-corrected chi connectivity index (χ0v) is 13.0. The molecule has 0 spiro atoms. The molecule has 0 aromatic rings. The van der Waals surface area contributed by atoms with Gasteiger partial charge in [-0.25, -0.2) is 0 Å². The summed E-state index contributed by atoms with van der Waals surface area (Å²) in [6.45, 7) is 12.6. The van der Waals surface area contributed by atoms with Crippen molar-refractivity contribution in [2.24, 2.45) is 11.3 Å². The fraction of sp³-hybridized carbons (Fsp3) is 0.812. The van der Waals surface area contributed by atoms with Gasteiger partial charge in [0.25, 0.3) is 0 Å². The molecule has 0 aromatic carbocycles. The van der Waals surface area contributed by atoms with Crippen molar-refractivity contribution in [2.45, 2.75) is 73.3 Å². The number of hydrogen-bond donors (Lipinski definition) is 1. The average molecular weight is 253 g/mol. The highest BCUT2D eigenvalue weighted by molar-refractivity contribution is 5.82. The quantitative estimate of drug-likeness (QED) is 0.642. The highest BCUT2D eigenvalue weighted by atomic mass is 16.2. The van der Waals surface area contributed by atoms with Crippen LogP contribution in [-0.4, -0.2) is 11.9 Å². The minimum atomic E-state index is -0.233. The Labute approximate surface area is 113 Å². The van der Waals surface area contributed by atoms with Gasteiger partial charge in [0, 0.05) is 11.5 Å². The van der Waals surface area contributed by atoms with Crippen molar-refractivity contribution in [3.05, 3.63) is 12.2 Å². The number of nitrogens with one attached hydrogen (secondary N) is 1. The maximum atomic E-state index is 12.4. The Bertz CT molecular complexity index is 270. The predicted molar refractivity (Wildman–Crippen MR) is 79.5 cm³/mol. The summed E-state index contributed by atoms with van der Waals surface area (Å²) in [5.74, 6) is 0.590. The first kappa shape index (κ1) is 17.2. The molecule has 2 unspecified atom stereocenters. The molecule has 2 nitrogen and oxygen atoms in total. The maximum Gasteiger partial charge on any atom is 0.226 e. The SMILES string of the molecule is C/C=C\CCC(C)NC(=O)C(C)(CCC)C(C)C. The van der Waals surface area contributed by atoms with Crippen LogP contribution < -0.4 is 5.32 Å². The van der Waals surface area contributed by atoms with Gasteiger partial charge in [0.05, 0.1) is 0 Å². The zero-order valence-electron chi connectivity index (χ0n) is 13.0. The molecule has 0 rings (SSSR count). The summed E-state index contributed by atoms with van der Waals surface area (Å²) >= 11 is 0. The van der Waals surface area contributed by atoms with E-state index in [1.165, 1.54) is 0 Å². The smallest absolute Gasteiger partial charge is 0.226 e. The molecule has 0 saturated carbocycles. The highest BCUT2D eigenvalue weighted by Gasteiger charge is 2.35. The van der Waals surface area contributed by atoms with E-state index >= 15 is 0 Å². The van der Waals surface area contributed by atoms with Crippen molar-refractivity contribution in [1.82, 2.24) is 5.32 Å². The summed E-state index contributed by atoms with van der Waals surface area (Å²) in [4.78, 5) is 12.4. The largest absolute Gasteiger partial charge is 0.353 e. The first-order valence-electron chi connectivity index (χ1n) is 7.30. The standard InChI is InChI=1S/C16H31NO/c1-7-9-10-11-14(5)17-15(18)16(6,12-8-2)13(3)4/h7,9,13-14H,8,10-12H2,1-6H3,(H,17,18)/b9-7-. The molecule has 0 aliphatic heterocycles. The van der Waals surface area contributed by atoms with Gasteiger partial charge in [0.15, 0.2) is 0 Å². The molecule has 0 aliphatic rings. The third-order valence-electron chi connectivity index (χ3n) is 3.94. The minimum absolute atomic E-state index is 0.215. The van der Waals surface area contributed by atoms with Crippen LogP contribution >= 0.6 is 0 Å². The summed E-state index contributed by atoms with van der Waals surface area (Å²) in [5, 5.41) is 3.17. The third-order valence-corrected chi connectivity index (χ3v) is 3.94. The minimum Gasteiger partial charge on any atom is -0.353 e. The van der Waals surface area contributed by atoms with E-state index in [4.69, 9.17) is 0 Å². The van der Waals surface area contributed by atoms with Gasteiger partial charge in [0.1, 0.15) is 0 Å². The summed E-state index contributed by atoms with van der Waals surface area (Å²) in [6, 6.07) is 0.253. The zero-order chi connectivity index (χ0) is 14.2. The van der Waals surface area contributed by atoms with Crippen LogP contribution in [0.15, 0.2) is 12.2 Å². The summed E-state index contributed by atoms with van der Waals surface area (Å²) < 4.78 is 0. The number of amides is 1. The lowest BCUT2D eigenvalue weighted by Crippen LogP contribution is -2.45. The van der Waals surface area contributed by atoms with Crippen molar-refractivity contribution >= 4 is 5.91 Å². The lowest BCUT2D eigenvalue weighted by Gasteiger charge is -2.33. The van der Waals surface area contributed by atoms with Gasteiger partial charge in [-0.2, -0.15) is 0 Å². The topological polar surface area (TPSA) is 29.1 Å². The van der Waals surface area contributed by atoms with Crippen LogP contribution in [-0.2, 0) is 4.79 Å². The van der Waals surface area contributed by atoms with Crippen LogP contribution in [0, 0.1) is 11.3 Å². The van der Waals surface area contributed by atoms with E-state index < -0.39 is 0 Å². The van der Waals surface area contributed by atoms with E-state index in [1.807, 2.05) is 6.92 Å². The maximum absolute atomic E-state index is 12.4. The second-order valence-corrected chi connectivity index (χ2v) is 5.84. The van der Waals surface area contributed by atoms with Crippen LogP contribution in [0.25, 0.3) is 0 Å². The fourth-order valence-corrected chi connectivity index (χ4v) is 2.16. The van der Waals surface area contributed by atoms with E-state index in [9.17, 15) is 4.79 Å². The van der Waals surface area contributed by atoms with Gasteiger partial charge in [-0.05, 0) is 39.0 Å². The van der Waals surface area contributed by atoms with E-state index in [0.717, 1.165) is 25.7 Å². The molecule has 1 amide bonds. The fourth-order valence-electron chi connectivity index (χ4n) is 2.16. The second kappa shape index (κ2) is 8.34. The number of carbonyl (C=O) groups excluding carboxylic acids is 1. The number of hydrogen-bond acceptors (Lipinski definition) is 1. The molecule has 2 atom stereocenters. The van der Waals surface area contributed by atoms with Gasteiger partial charge < -0.3 is 5.32 Å². The molecule has 0 aromatic heterocycles. The van der Waals surface area contributed by atoms with Crippen molar-refractivity contribution in [3.8, 4) is 0 Å². The van der Waals surface area contributed by atoms with Gasteiger partial charge in [-0.3, -0.25) is 4.79 Å². The Kier molecular flexibility index (Phi) is 7.97. The van der Waals surface area contributed by atoms with E-state index in [0.29, 0.717) is 5.92 Å². The first-order valence-corrected chi connectivity index (χ1v) is 7.30. The highest BCUT2D eigenvalue weighted by Crippen LogP contribution is 2.32. The molecular weight excluding hydrogens is 222 g/mol. The van der Waals surface area contributed by atoms with Crippen molar-refractivity contribution in [2.75, 3.05) is 0 Å². The lowest BCUT2D eigenvalue weighted by molar-refractivity contribution is -0.133. The van der Waals surface area contributed by atoms with Crippen LogP contribution in [0.2, 0.25) is 0 Å². The van der Waals surface area contributed by atoms with Crippen molar-refractivity contribution < 1.29 is 4.79 Å². The van der Waals surface area contributed by atoms with Crippen molar-refractivity contribution in [3.63, 3.8) is 0 Å². The normalized spacial score (nSPS) is 16.8. The Morgan fingerprint density at radius 2 is 1.94 bits per heavy atom. The van der Waals surface area contributed by atoms with Crippen molar-refractivity contribution in [1.29, 1.82) is 0 Å². The Morgan fingerprint density at radius 1 is 1.33 bits per heavy atom.